The van der Waals surface area contributed by atoms with Crippen LogP contribution in [0.3, 0.4) is 0 Å². The first-order valence-electron chi connectivity index (χ1n) is 8.50. The van der Waals surface area contributed by atoms with Crippen LogP contribution in [-0.4, -0.2) is 38.2 Å². The summed E-state index contributed by atoms with van der Waals surface area (Å²) in [6.07, 6.45) is 6.71. The molecule has 0 radical (unpaired) electrons. The van der Waals surface area contributed by atoms with Crippen LogP contribution in [0.5, 0.6) is 0 Å². The molecule has 11 heteroatoms. The molecule has 0 spiro atoms. The van der Waals surface area contributed by atoms with Crippen molar-refractivity contribution in [3.8, 4) is 0 Å². The molecule has 0 saturated heterocycles. The number of nitro groups is 1. The highest BCUT2D eigenvalue weighted by Gasteiger charge is 2.27. The summed E-state index contributed by atoms with van der Waals surface area (Å²) in [6, 6.07) is 0.195. The molecule has 1 saturated carbocycles. The maximum atomic E-state index is 11.7. The molecule has 0 amide bonds. The summed E-state index contributed by atoms with van der Waals surface area (Å²) in [6.45, 7) is 1.64. The van der Waals surface area contributed by atoms with Gasteiger partial charge < -0.3 is 10.6 Å². The smallest absolute Gasteiger partial charge is 0.316 e. The molecule has 11 nitrogen and oxygen atoms in total. The molecule has 2 aromatic rings. The Kier molecular flexibility index (Phi) is 5.34. The van der Waals surface area contributed by atoms with Gasteiger partial charge in [-0.1, -0.05) is 19.3 Å². The van der Waals surface area contributed by atoms with Crippen LogP contribution in [0.25, 0.3) is 0 Å². The molecule has 0 aliphatic heterocycles. The van der Waals surface area contributed by atoms with E-state index in [9.17, 15) is 10.1 Å². The van der Waals surface area contributed by atoms with Crippen molar-refractivity contribution < 1.29 is 4.92 Å². The maximum Gasteiger partial charge on any atom is 0.316 e. The van der Waals surface area contributed by atoms with Crippen molar-refractivity contribution in [2.45, 2.75) is 45.1 Å². The fourth-order valence-corrected chi connectivity index (χ4v) is 3.09. The summed E-state index contributed by atoms with van der Waals surface area (Å²) in [5.74, 6) is 0.885. The molecule has 2 aromatic heterocycles. The minimum absolute atomic E-state index is 0.0823. The van der Waals surface area contributed by atoms with Crippen LogP contribution in [0.1, 0.15) is 37.7 Å². The van der Waals surface area contributed by atoms with Crippen molar-refractivity contribution in [2.24, 2.45) is 10.2 Å². The molecule has 3 N–H and O–H groups in total. The van der Waals surface area contributed by atoms with Gasteiger partial charge in [0.15, 0.2) is 5.82 Å². The molecular formula is C15H21N9O2. The lowest BCUT2D eigenvalue weighted by atomic mass is 9.95. The van der Waals surface area contributed by atoms with Gasteiger partial charge in [0.25, 0.3) is 5.95 Å². The van der Waals surface area contributed by atoms with Crippen LogP contribution in [0.4, 0.5) is 29.0 Å². The average molecular weight is 359 g/mol. The third kappa shape index (κ3) is 3.76. The molecule has 2 heterocycles. The van der Waals surface area contributed by atoms with Crippen LogP contribution >= 0.6 is 0 Å². The molecule has 26 heavy (non-hydrogen) atoms. The van der Waals surface area contributed by atoms with Crippen LogP contribution in [-0.2, 0) is 0 Å². The number of rotatable bonds is 6. The first-order valence-corrected chi connectivity index (χ1v) is 8.50. The molecule has 138 valence electrons. The lowest BCUT2D eigenvalue weighted by Crippen LogP contribution is -2.23. The predicted molar refractivity (Wildman–Crippen MR) is 96.2 cm³/mol. The SMILES string of the molecule is CNc1nc(NC2CCCCC2)c([N+](=O)[O-])c(C)c1N=Nc1ncn[nH]1. The molecule has 1 fully saturated rings. The van der Waals surface area contributed by atoms with Gasteiger partial charge in [-0.3, -0.25) is 10.1 Å². The molecule has 0 bridgehead atoms. The zero-order valence-corrected chi connectivity index (χ0v) is 14.7. The molecule has 3 rings (SSSR count). The van der Waals surface area contributed by atoms with Crippen molar-refractivity contribution in [3.63, 3.8) is 0 Å². The lowest BCUT2D eigenvalue weighted by Gasteiger charge is -2.23. The average Bonchev–Trinajstić information content (AvgIpc) is 3.14. The van der Waals surface area contributed by atoms with E-state index in [-0.39, 0.29) is 23.5 Å². The standard InChI is InChI=1S/C15H21N9O2/c1-9-11(21-23-15-17-8-18-22-15)13(16-2)20-14(12(9)24(25)26)19-10-6-4-3-5-7-10/h8,10H,3-7H2,1-2H3,(H2,16,19,20)(H,17,18,22). The van der Waals surface area contributed by atoms with E-state index < -0.39 is 4.92 Å². The van der Waals surface area contributed by atoms with Crippen molar-refractivity contribution in [1.29, 1.82) is 0 Å². The van der Waals surface area contributed by atoms with Crippen LogP contribution in [0.15, 0.2) is 16.6 Å². The van der Waals surface area contributed by atoms with E-state index in [2.05, 4.69) is 41.0 Å². The summed E-state index contributed by atoms with van der Waals surface area (Å²) in [5.41, 5.74) is 0.599. The normalized spacial score (nSPS) is 15.3. The van der Waals surface area contributed by atoms with Gasteiger partial charge >= 0.3 is 5.69 Å². The van der Waals surface area contributed by atoms with E-state index in [1.807, 2.05) is 0 Å². The number of nitrogens with one attached hydrogen (secondary N) is 3. The second-order valence-corrected chi connectivity index (χ2v) is 6.13. The number of nitrogens with zero attached hydrogens (tertiary/aromatic N) is 6. The van der Waals surface area contributed by atoms with Gasteiger partial charge in [-0.15, -0.1) is 10.2 Å². The minimum Gasteiger partial charge on any atom is -0.371 e. The second-order valence-electron chi connectivity index (χ2n) is 6.13. The Hall–Kier alpha value is -3.11. The highest BCUT2D eigenvalue weighted by Crippen LogP contribution is 2.39. The number of hydrogen-bond donors (Lipinski definition) is 3. The second kappa shape index (κ2) is 7.85. The van der Waals surface area contributed by atoms with Crippen molar-refractivity contribution in [1.82, 2.24) is 20.2 Å². The number of aromatic nitrogens is 4. The van der Waals surface area contributed by atoms with E-state index >= 15 is 0 Å². The predicted octanol–water partition coefficient (Wildman–Crippen LogP) is 3.62. The Labute approximate surface area is 149 Å². The number of H-pyrrole nitrogens is 1. The summed E-state index contributed by atoms with van der Waals surface area (Å²) in [7, 11) is 1.69. The Morgan fingerprint density at radius 2 is 2.04 bits per heavy atom. The van der Waals surface area contributed by atoms with Gasteiger partial charge in [0.1, 0.15) is 12.0 Å². The topological polar surface area (TPSA) is 146 Å². The van der Waals surface area contributed by atoms with Gasteiger partial charge in [-0.25, -0.2) is 10.1 Å². The van der Waals surface area contributed by atoms with Gasteiger partial charge in [0, 0.05) is 13.1 Å². The Morgan fingerprint density at radius 1 is 1.27 bits per heavy atom. The zero-order valence-electron chi connectivity index (χ0n) is 14.7. The Balaban J connectivity index is 2.00. The maximum absolute atomic E-state index is 11.7. The molecule has 1 aliphatic carbocycles. The first kappa shape index (κ1) is 17.7. The molecule has 0 aromatic carbocycles. The third-order valence-corrected chi connectivity index (χ3v) is 4.40. The van der Waals surface area contributed by atoms with Gasteiger partial charge in [-0.05, 0) is 19.8 Å². The lowest BCUT2D eigenvalue weighted by molar-refractivity contribution is -0.384. The number of pyridine rings is 1. The van der Waals surface area contributed by atoms with Gasteiger partial charge in [0.05, 0.1) is 10.5 Å². The van der Waals surface area contributed by atoms with E-state index in [0.717, 1.165) is 25.7 Å². The van der Waals surface area contributed by atoms with Crippen LogP contribution in [0, 0.1) is 17.0 Å². The summed E-state index contributed by atoms with van der Waals surface area (Å²) in [4.78, 5) is 19.5. The highest BCUT2D eigenvalue weighted by molar-refractivity contribution is 5.77. The zero-order chi connectivity index (χ0) is 18.5. The number of hydrogen-bond acceptors (Lipinski definition) is 9. The van der Waals surface area contributed by atoms with Crippen molar-refractivity contribution >= 4 is 29.0 Å². The Morgan fingerprint density at radius 3 is 2.65 bits per heavy atom. The fourth-order valence-electron chi connectivity index (χ4n) is 3.09. The Bertz CT molecular complexity index is 798. The first-order chi connectivity index (χ1) is 12.6. The number of anilines is 2. The van der Waals surface area contributed by atoms with E-state index in [4.69, 9.17) is 0 Å². The number of aromatic amines is 1. The van der Waals surface area contributed by atoms with Crippen molar-refractivity contribution in [3.05, 3.63) is 22.0 Å². The van der Waals surface area contributed by atoms with Crippen LogP contribution < -0.4 is 10.6 Å². The summed E-state index contributed by atoms with van der Waals surface area (Å²) in [5, 5.41) is 32.1. The van der Waals surface area contributed by atoms with E-state index in [1.54, 1.807) is 14.0 Å². The van der Waals surface area contributed by atoms with E-state index in [1.165, 1.54) is 12.7 Å². The molecule has 0 atom stereocenters. The minimum atomic E-state index is -0.430. The fraction of sp³-hybridized carbons (Fsp3) is 0.533. The van der Waals surface area contributed by atoms with Crippen LogP contribution in [0.2, 0.25) is 0 Å². The molecular weight excluding hydrogens is 338 g/mol. The summed E-state index contributed by atoms with van der Waals surface area (Å²) < 4.78 is 0. The van der Waals surface area contributed by atoms with Gasteiger partial charge in [-0.2, -0.15) is 10.1 Å². The number of azo groups is 1. The monoisotopic (exact) mass is 359 g/mol. The third-order valence-electron chi connectivity index (χ3n) is 4.40. The molecule has 1 aliphatic rings. The highest BCUT2D eigenvalue weighted by atomic mass is 16.6. The largest absolute Gasteiger partial charge is 0.371 e. The molecule has 0 unspecified atom stereocenters. The van der Waals surface area contributed by atoms with Crippen molar-refractivity contribution in [2.75, 3.05) is 17.7 Å². The quantitative estimate of drug-likeness (QED) is 0.405. The van der Waals surface area contributed by atoms with E-state index in [0.29, 0.717) is 17.1 Å². The summed E-state index contributed by atoms with van der Waals surface area (Å²) >= 11 is 0. The van der Waals surface area contributed by atoms with Gasteiger partial charge in [0.2, 0.25) is 5.82 Å².